The van der Waals surface area contributed by atoms with Crippen LogP contribution in [0.2, 0.25) is 0 Å². The van der Waals surface area contributed by atoms with E-state index < -0.39 is 0 Å². The summed E-state index contributed by atoms with van der Waals surface area (Å²) in [6, 6.07) is 12.6. The van der Waals surface area contributed by atoms with Gasteiger partial charge in [0.05, 0.1) is 12.2 Å². The molecule has 40 heavy (non-hydrogen) atoms. The topological polar surface area (TPSA) is 85.3 Å². The van der Waals surface area contributed by atoms with E-state index in [1.165, 1.54) is 12.5 Å². The van der Waals surface area contributed by atoms with Crippen LogP contribution >= 0.6 is 0 Å². The van der Waals surface area contributed by atoms with Gasteiger partial charge in [0.25, 0.3) is 0 Å². The second kappa shape index (κ2) is 11.0. The molecule has 0 spiro atoms. The Morgan fingerprint density at radius 2 is 1.90 bits per heavy atom. The lowest BCUT2D eigenvalue weighted by molar-refractivity contribution is -0.126. The highest BCUT2D eigenvalue weighted by Crippen LogP contribution is 2.36. The van der Waals surface area contributed by atoms with Crippen molar-refractivity contribution in [3.8, 4) is 11.8 Å². The van der Waals surface area contributed by atoms with E-state index in [-0.39, 0.29) is 17.8 Å². The van der Waals surface area contributed by atoms with Gasteiger partial charge in [0.1, 0.15) is 17.7 Å². The molecule has 4 heterocycles. The number of likely N-dealkylation sites (tertiary alicyclic amines) is 1. The largest absolute Gasteiger partial charge is 0.508 e. The third kappa shape index (κ3) is 5.06. The molecule has 9 nitrogen and oxygen atoms in total. The van der Waals surface area contributed by atoms with E-state index in [0.717, 1.165) is 59.5 Å². The van der Waals surface area contributed by atoms with E-state index in [0.29, 0.717) is 44.8 Å². The quantitative estimate of drug-likeness (QED) is 0.473. The van der Waals surface area contributed by atoms with E-state index in [9.17, 15) is 9.90 Å². The number of amides is 1. The summed E-state index contributed by atoms with van der Waals surface area (Å²) in [6.07, 6.45) is 4.41. The lowest BCUT2D eigenvalue weighted by atomic mass is 10.0. The van der Waals surface area contributed by atoms with Crippen LogP contribution in [-0.2, 0) is 17.8 Å². The predicted octanol–water partition coefficient (Wildman–Crippen LogP) is 3.59. The number of nitrogens with zero attached hydrogens (tertiary/aromatic N) is 6. The Balaban J connectivity index is 1.33. The normalized spacial score (nSPS) is 20.4. The van der Waals surface area contributed by atoms with Crippen LogP contribution in [0.25, 0.3) is 10.8 Å². The molecule has 3 aliphatic rings. The molecule has 1 N–H and O–H groups in total. The Bertz CT molecular complexity index is 1420. The molecule has 1 unspecified atom stereocenters. The first-order chi connectivity index (χ1) is 19.4. The van der Waals surface area contributed by atoms with Crippen LogP contribution in [0.3, 0.4) is 0 Å². The van der Waals surface area contributed by atoms with Crippen molar-refractivity contribution in [1.29, 1.82) is 0 Å². The molecule has 6 rings (SSSR count). The minimum atomic E-state index is -0.0323. The number of phenols is 1. The van der Waals surface area contributed by atoms with Gasteiger partial charge < -0.3 is 24.5 Å². The average molecular weight is 543 g/mol. The minimum absolute atomic E-state index is 0.0307. The monoisotopic (exact) mass is 542 g/mol. The Hall–Kier alpha value is -3.85. The van der Waals surface area contributed by atoms with Crippen molar-refractivity contribution in [2.75, 3.05) is 56.1 Å². The molecule has 1 amide bonds. The highest BCUT2D eigenvalue weighted by atomic mass is 16.5. The standard InChI is InChI=1S/C31H38N6O3/c1-4-29(39)35-14-16-36(17-15-35)30-25-11-13-37(28-19-23(38)18-22-8-5-6-9-24(22)28)20-26(25)32-31(33-30)40-21(2)27-10-7-12-34(27)3/h4-6,8-9,18-19,21,27,38H,1,7,10-17,20H2,2-3H3/t21?,27-/m0/s1. The van der Waals surface area contributed by atoms with Crippen molar-refractivity contribution in [1.82, 2.24) is 19.8 Å². The number of anilines is 2. The number of ether oxygens (including phenoxy) is 1. The number of rotatable bonds is 6. The van der Waals surface area contributed by atoms with Gasteiger partial charge in [-0.25, -0.2) is 0 Å². The Kier molecular flexibility index (Phi) is 7.23. The molecule has 1 aromatic heterocycles. The number of hydrogen-bond acceptors (Lipinski definition) is 8. The molecule has 2 atom stereocenters. The number of piperazine rings is 1. The van der Waals surface area contributed by atoms with Crippen molar-refractivity contribution in [2.24, 2.45) is 0 Å². The summed E-state index contributed by atoms with van der Waals surface area (Å²) in [5.41, 5.74) is 3.10. The van der Waals surface area contributed by atoms with Crippen molar-refractivity contribution >= 4 is 28.2 Å². The van der Waals surface area contributed by atoms with E-state index in [2.05, 4.69) is 41.3 Å². The fourth-order valence-electron chi connectivity index (χ4n) is 6.49. The van der Waals surface area contributed by atoms with E-state index in [1.807, 2.05) is 29.2 Å². The minimum Gasteiger partial charge on any atom is -0.508 e. The molecule has 0 bridgehead atoms. The van der Waals surface area contributed by atoms with Gasteiger partial charge in [0.15, 0.2) is 0 Å². The lowest BCUT2D eigenvalue weighted by Crippen LogP contribution is -2.49. The first kappa shape index (κ1) is 26.4. The van der Waals surface area contributed by atoms with E-state index in [4.69, 9.17) is 14.7 Å². The first-order valence-corrected chi connectivity index (χ1v) is 14.3. The first-order valence-electron chi connectivity index (χ1n) is 14.3. The van der Waals surface area contributed by atoms with Gasteiger partial charge in [-0.1, -0.05) is 30.8 Å². The fourth-order valence-corrected chi connectivity index (χ4v) is 6.49. The Morgan fingerprint density at radius 3 is 2.65 bits per heavy atom. The summed E-state index contributed by atoms with van der Waals surface area (Å²) in [6.45, 7) is 10.9. The maximum Gasteiger partial charge on any atom is 0.318 e. The van der Waals surface area contributed by atoms with Crippen molar-refractivity contribution in [3.05, 3.63) is 60.3 Å². The number of benzene rings is 2. The molecule has 2 saturated heterocycles. The average Bonchev–Trinajstić information content (AvgIpc) is 3.41. The summed E-state index contributed by atoms with van der Waals surface area (Å²) in [4.78, 5) is 30.9. The van der Waals surface area contributed by atoms with E-state index >= 15 is 0 Å². The van der Waals surface area contributed by atoms with Gasteiger partial charge in [-0.15, -0.1) is 0 Å². The molecule has 0 saturated carbocycles. The van der Waals surface area contributed by atoms with Crippen LogP contribution in [0.5, 0.6) is 11.8 Å². The number of aromatic nitrogens is 2. The molecule has 2 fully saturated rings. The van der Waals surface area contributed by atoms with Crippen LogP contribution in [0.1, 0.15) is 31.0 Å². The molecular formula is C31H38N6O3. The smallest absolute Gasteiger partial charge is 0.318 e. The maximum atomic E-state index is 12.2. The Morgan fingerprint density at radius 1 is 1.10 bits per heavy atom. The fraction of sp³-hybridized carbons (Fsp3) is 0.452. The van der Waals surface area contributed by atoms with E-state index in [1.54, 1.807) is 6.07 Å². The van der Waals surface area contributed by atoms with Crippen molar-refractivity contribution in [2.45, 2.75) is 44.9 Å². The second-order valence-corrected chi connectivity index (χ2v) is 11.1. The molecule has 2 aromatic carbocycles. The number of hydrogen-bond donors (Lipinski definition) is 1. The summed E-state index contributed by atoms with van der Waals surface area (Å²) in [5.74, 6) is 1.14. The molecule has 3 aromatic rings. The van der Waals surface area contributed by atoms with Crippen LogP contribution < -0.4 is 14.5 Å². The van der Waals surface area contributed by atoms with Crippen LogP contribution in [-0.4, -0.2) is 89.2 Å². The highest BCUT2D eigenvalue weighted by molar-refractivity contribution is 5.95. The number of phenolic OH excluding ortho intramolecular Hbond substituents is 1. The molecule has 3 aliphatic heterocycles. The zero-order valence-electron chi connectivity index (χ0n) is 23.4. The molecular weight excluding hydrogens is 504 g/mol. The highest BCUT2D eigenvalue weighted by Gasteiger charge is 2.32. The zero-order valence-corrected chi connectivity index (χ0v) is 23.4. The zero-order chi connectivity index (χ0) is 27.8. The number of carbonyl (C=O) groups excluding carboxylic acids is 1. The molecule has 9 heteroatoms. The van der Waals surface area contributed by atoms with Crippen molar-refractivity contribution < 1.29 is 14.6 Å². The summed E-state index contributed by atoms with van der Waals surface area (Å²) >= 11 is 0. The maximum absolute atomic E-state index is 12.2. The second-order valence-electron chi connectivity index (χ2n) is 11.1. The number of fused-ring (bicyclic) bond motifs is 2. The summed E-state index contributed by atoms with van der Waals surface area (Å²) in [7, 11) is 2.15. The van der Waals surface area contributed by atoms with Gasteiger partial charge in [0, 0.05) is 61.5 Å². The number of carbonyl (C=O) groups is 1. The number of likely N-dealkylation sites (N-methyl/N-ethyl adjacent to an activating group) is 1. The predicted molar refractivity (Wildman–Crippen MR) is 157 cm³/mol. The Labute approximate surface area is 235 Å². The molecule has 210 valence electrons. The van der Waals surface area contributed by atoms with Crippen molar-refractivity contribution in [3.63, 3.8) is 0 Å². The third-order valence-electron chi connectivity index (χ3n) is 8.66. The van der Waals surface area contributed by atoms with Gasteiger partial charge in [-0.05, 0) is 57.3 Å². The van der Waals surface area contributed by atoms with Crippen LogP contribution in [0, 0.1) is 0 Å². The van der Waals surface area contributed by atoms with Gasteiger partial charge in [-0.3, -0.25) is 9.69 Å². The van der Waals surface area contributed by atoms with Gasteiger partial charge >= 0.3 is 6.01 Å². The van der Waals surface area contributed by atoms with Gasteiger partial charge in [0.2, 0.25) is 5.91 Å². The lowest BCUT2D eigenvalue weighted by Gasteiger charge is -2.38. The van der Waals surface area contributed by atoms with Gasteiger partial charge in [-0.2, -0.15) is 9.97 Å². The molecule has 0 aliphatic carbocycles. The summed E-state index contributed by atoms with van der Waals surface area (Å²) < 4.78 is 6.45. The number of aromatic hydroxyl groups is 1. The van der Waals surface area contributed by atoms with Crippen LogP contribution in [0.4, 0.5) is 11.5 Å². The SMILES string of the molecule is C=CC(=O)N1CCN(c2nc(OC(C)[C@@H]3CCCN3C)nc3c2CCN(c2cc(O)cc4ccccc24)C3)CC1. The van der Waals surface area contributed by atoms with Crippen LogP contribution in [0.15, 0.2) is 49.1 Å². The molecule has 0 radical (unpaired) electrons. The third-order valence-corrected chi connectivity index (χ3v) is 8.66. The summed E-state index contributed by atoms with van der Waals surface area (Å²) in [5, 5.41) is 12.6.